The van der Waals surface area contributed by atoms with Crippen LogP contribution in [-0.2, 0) is 9.31 Å². The van der Waals surface area contributed by atoms with Crippen LogP contribution in [0.2, 0.25) is 0 Å². The molecule has 1 aliphatic rings. The predicted molar refractivity (Wildman–Crippen MR) is 233 cm³/mol. The molecule has 0 bridgehead atoms. The van der Waals surface area contributed by atoms with Gasteiger partial charge in [0.2, 0.25) is 0 Å². The molecule has 0 spiro atoms. The van der Waals surface area contributed by atoms with Gasteiger partial charge in [0.05, 0.1) is 60.8 Å². The van der Waals surface area contributed by atoms with Crippen molar-refractivity contribution in [3.63, 3.8) is 0 Å². The molecule has 1 aliphatic heterocycles. The summed E-state index contributed by atoms with van der Waals surface area (Å²) in [6, 6.07) is 13.5. The van der Waals surface area contributed by atoms with Crippen LogP contribution in [0, 0.1) is 27.7 Å². The van der Waals surface area contributed by atoms with Gasteiger partial charge in [-0.2, -0.15) is 0 Å². The summed E-state index contributed by atoms with van der Waals surface area (Å²) < 4.78 is 86.6. The summed E-state index contributed by atoms with van der Waals surface area (Å²) in [6.07, 6.45) is -4.29. The fourth-order valence-corrected chi connectivity index (χ4v) is 6.66. The second-order valence-corrected chi connectivity index (χ2v) is 17.1. The molecule has 7 nitrogen and oxygen atoms in total. The number of carbonyl (C=O) groups excluding carboxylic acids is 1. The van der Waals surface area contributed by atoms with E-state index in [1.807, 2.05) is 53.7 Å². The third-order valence-electron chi connectivity index (χ3n) is 9.18. The van der Waals surface area contributed by atoms with Crippen LogP contribution >= 0.6 is 63.7 Å². The van der Waals surface area contributed by atoms with E-state index in [1.54, 1.807) is 52.3 Å². The SMILES string of the molecule is COc1cc(B2OC(C)(C)C(C)(C)O2)c(C)cc1C(F)F.COc1cc(Br)c(C)cc1Br.COc1cc(Br)c(C)cc1C(F)F.COc1cc(Br)c(C)cc1C=O. The third kappa shape index (κ3) is 13.4. The Morgan fingerprint density at radius 1 is 0.544 bits per heavy atom. The number of aldehydes is 1. The normalized spacial score (nSPS) is 13.8. The van der Waals surface area contributed by atoms with Gasteiger partial charge in [-0.3, -0.25) is 4.79 Å². The Balaban J connectivity index is 0.000000273. The van der Waals surface area contributed by atoms with Crippen LogP contribution in [-0.4, -0.2) is 53.0 Å². The number of ether oxygens (including phenoxy) is 4. The minimum absolute atomic E-state index is 0.0665. The molecule has 5 rings (SSSR count). The van der Waals surface area contributed by atoms with E-state index in [9.17, 15) is 22.4 Å². The number of benzene rings is 4. The monoisotopic (exact) mass is 1050 g/mol. The summed E-state index contributed by atoms with van der Waals surface area (Å²) in [4.78, 5) is 10.6. The van der Waals surface area contributed by atoms with Crippen LogP contribution in [0.1, 0.15) is 84.3 Å². The molecule has 0 radical (unpaired) electrons. The number of carbonyl (C=O) groups is 1. The highest BCUT2D eigenvalue weighted by Gasteiger charge is 2.52. The minimum atomic E-state index is -2.58. The topological polar surface area (TPSA) is 72.5 Å². The summed E-state index contributed by atoms with van der Waals surface area (Å²) in [5.41, 5.74) is 3.86. The highest BCUT2D eigenvalue weighted by molar-refractivity contribution is 9.11. The molecule has 4 aromatic rings. The van der Waals surface area contributed by atoms with Crippen molar-refractivity contribution in [2.75, 3.05) is 28.4 Å². The lowest BCUT2D eigenvalue weighted by Gasteiger charge is -2.32. The van der Waals surface area contributed by atoms with Gasteiger partial charge in [0.25, 0.3) is 12.9 Å². The van der Waals surface area contributed by atoms with Gasteiger partial charge in [-0.15, -0.1) is 0 Å². The lowest BCUT2D eigenvalue weighted by molar-refractivity contribution is 0.00578. The number of hydrogen-bond acceptors (Lipinski definition) is 7. The van der Waals surface area contributed by atoms with E-state index < -0.39 is 31.2 Å². The Morgan fingerprint density at radius 2 is 0.912 bits per heavy atom. The summed E-state index contributed by atoms with van der Waals surface area (Å²) in [6.45, 7) is 15.3. The van der Waals surface area contributed by atoms with Gasteiger partial charge < -0.3 is 28.3 Å². The smallest absolute Gasteiger partial charge is 0.495 e. The number of methoxy groups -OCH3 is 4. The van der Waals surface area contributed by atoms with E-state index >= 15 is 0 Å². The highest BCUT2D eigenvalue weighted by atomic mass is 79.9. The fraction of sp³-hybridized carbons (Fsp3) is 0.390. The average Bonchev–Trinajstić information content (AvgIpc) is 3.37. The number of aryl methyl sites for hydroxylation is 4. The van der Waals surface area contributed by atoms with Crippen molar-refractivity contribution in [3.8, 4) is 23.0 Å². The summed E-state index contributed by atoms with van der Waals surface area (Å²) >= 11 is 13.4. The predicted octanol–water partition coefficient (Wildman–Crippen LogP) is 13.1. The van der Waals surface area contributed by atoms with Gasteiger partial charge in [0.1, 0.15) is 23.0 Å². The first-order valence-electron chi connectivity index (χ1n) is 17.2. The maximum absolute atomic E-state index is 13.0. The van der Waals surface area contributed by atoms with Gasteiger partial charge in [0.15, 0.2) is 6.29 Å². The van der Waals surface area contributed by atoms with Crippen molar-refractivity contribution in [3.05, 3.63) is 105 Å². The standard InChI is InChI=1S/C15H21BF2O3.C9H9BrF2O.C9H9BrO2.C8H8Br2O/c1-9-7-10(13(17)18)12(19-6)8-11(9)16-20-14(2,3)15(4,5)21-16;1-5-3-6(9(11)12)8(13-2)4-7(5)10;1-6-3-7(5-11)9(12-2)4-8(6)10;1-5-3-7(10)8(11-2)4-6(5)9/h7-8,13H,1-6H3;3-4,9H,1-2H3;3-5H,1-2H3;3-4H,1-2H3. The fourth-order valence-electron chi connectivity index (χ4n) is 5.07. The van der Waals surface area contributed by atoms with E-state index in [2.05, 4.69) is 63.7 Å². The lowest BCUT2D eigenvalue weighted by Crippen LogP contribution is -2.41. The molecule has 0 saturated carbocycles. The van der Waals surface area contributed by atoms with Gasteiger partial charge in [-0.05, 0) is 142 Å². The van der Waals surface area contributed by atoms with Gasteiger partial charge in [-0.1, -0.05) is 53.4 Å². The number of alkyl halides is 4. The molecule has 312 valence electrons. The molecular formula is C41H47BBr4F4O7. The van der Waals surface area contributed by atoms with Gasteiger partial charge in [0, 0.05) is 13.4 Å². The zero-order chi connectivity index (χ0) is 43.6. The molecule has 4 aromatic carbocycles. The second kappa shape index (κ2) is 22.1. The Morgan fingerprint density at radius 3 is 1.33 bits per heavy atom. The van der Waals surface area contributed by atoms with Crippen LogP contribution in [0.5, 0.6) is 23.0 Å². The van der Waals surface area contributed by atoms with Crippen LogP contribution in [0.4, 0.5) is 17.6 Å². The molecule has 16 heteroatoms. The Bertz CT molecular complexity index is 1980. The van der Waals surface area contributed by atoms with Crippen molar-refractivity contribution >= 4 is 82.6 Å². The molecule has 1 fully saturated rings. The molecule has 0 amide bonds. The third-order valence-corrected chi connectivity index (χ3v) is 12.4. The van der Waals surface area contributed by atoms with Crippen molar-refractivity contribution < 1.29 is 50.6 Å². The molecule has 57 heavy (non-hydrogen) atoms. The molecule has 0 aliphatic carbocycles. The van der Waals surface area contributed by atoms with Crippen LogP contribution in [0.15, 0.2) is 66.4 Å². The molecule has 1 saturated heterocycles. The van der Waals surface area contributed by atoms with Gasteiger partial charge in [-0.25, -0.2) is 17.6 Å². The van der Waals surface area contributed by atoms with Crippen LogP contribution < -0.4 is 24.4 Å². The van der Waals surface area contributed by atoms with Gasteiger partial charge >= 0.3 is 7.12 Å². The van der Waals surface area contributed by atoms with Crippen molar-refractivity contribution in [2.24, 2.45) is 0 Å². The van der Waals surface area contributed by atoms with Crippen molar-refractivity contribution in [1.29, 1.82) is 0 Å². The Labute approximate surface area is 367 Å². The average molecular weight is 1060 g/mol. The number of hydrogen-bond donors (Lipinski definition) is 0. The molecule has 0 atom stereocenters. The number of halogens is 8. The Hall–Kier alpha value is -2.63. The first-order chi connectivity index (χ1) is 26.5. The van der Waals surface area contributed by atoms with Crippen LogP contribution in [0.3, 0.4) is 0 Å². The second-order valence-electron chi connectivity index (χ2n) is 13.7. The van der Waals surface area contributed by atoms with Crippen LogP contribution in [0.25, 0.3) is 0 Å². The highest BCUT2D eigenvalue weighted by Crippen LogP contribution is 2.38. The van der Waals surface area contributed by atoms with Crippen molar-refractivity contribution in [2.45, 2.75) is 79.4 Å². The summed E-state index contributed by atoms with van der Waals surface area (Å²) in [5.74, 6) is 1.82. The molecule has 0 aromatic heterocycles. The molecule has 0 N–H and O–H groups in total. The zero-order valence-corrected chi connectivity index (χ0v) is 40.2. The summed E-state index contributed by atoms with van der Waals surface area (Å²) in [5, 5.41) is 0. The van der Waals surface area contributed by atoms with E-state index in [-0.39, 0.29) is 22.6 Å². The maximum atomic E-state index is 13.0. The largest absolute Gasteiger partial charge is 0.496 e. The first-order valence-corrected chi connectivity index (χ1v) is 20.4. The zero-order valence-electron chi connectivity index (χ0n) is 33.8. The molecule has 1 heterocycles. The Kier molecular flexibility index (Phi) is 19.6. The molecule has 0 unspecified atom stereocenters. The minimum Gasteiger partial charge on any atom is -0.496 e. The maximum Gasteiger partial charge on any atom is 0.495 e. The quantitative estimate of drug-likeness (QED) is 0.0989. The summed E-state index contributed by atoms with van der Waals surface area (Å²) in [7, 11) is 5.37. The number of rotatable bonds is 8. The van der Waals surface area contributed by atoms with E-state index in [0.29, 0.717) is 16.9 Å². The molecular weight excluding hydrogens is 1010 g/mol. The lowest BCUT2D eigenvalue weighted by atomic mass is 9.75. The van der Waals surface area contributed by atoms with E-state index in [4.69, 9.17) is 28.3 Å². The first kappa shape index (κ1) is 50.5. The van der Waals surface area contributed by atoms with Crippen molar-refractivity contribution in [1.82, 2.24) is 0 Å². The van der Waals surface area contributed by atoms with E-state index in [1.165, 1.54) is 31.9 Å². The van der Waals surface area contributed by atoms with E-state index in [0.717, 1.165) is 46.5 Å².